The molecule has 1 amide bonds. The van der Waals surface area contributed by atoms with Crippen molar-refractivity contribution in [3.63, 3.8) is 0 Å². The number of nitrogens with one attached hydrogen (secondary N) is 1. The number of rotatable bonds is 2. The van der Waals surface area contributed by atoms with E-state index in [2.05, 4.69) is 4.98 Å². The van der Waals surface area contributed by atoms with Crippen molar-refractivity contribution in [1.29, 1.82) is 0 Å². The van der Waals surface area contributed by atoms with Gasteiger partial charge in [-0.3, -0.25) is 13.9 Å². The van der Waals surface area contributed by atoms with Crippen LogP contribution in [-0.2, 0) is 14.1 Å². The highest BCUT2D eigenvalue weighted by Gasteiger charge is 2.33. The molecule has 1 aliphatic heterocycles. The number of likely N-dealkylation sites (tertiary alicyclic amines) is 1. The fourth-order valence-electron chi connectivity index (χ4n) is 4.23. The maximum absolute atomic E-state index is 13.3. The molecule has 28 heavy (non-hydrogen) atoms. The second-order valence-corrected chi connectivity index (χ2v) is 7.40. The lowest BCUT2D eigenvalue weighted by molar-refractivity contribution is 0.0730. The van der Waals surface area contributed by atoms with Crippen molar-refractivity contribution in [2.75, 3.05) is 6.54 Å². The van der Waals surface area contributed by atoms with Crippen LogP contribution in [0.3, 0.4) is 0 Å². The summed E-state index contributed by atoms with van der Waals surface area (Å²) in [6.07, 6.45) is 1.83. The first-order chi connectivity index (χ1) is 13.5. The minimum absolute atomic E-state index is 0.0267. The Hall–Kier alpha value is -3.35. The molecule has 4 aromatic rings. The maximum Gasteiger partial charge on any atom is 0.328 e. The van der Waals surface area contributed by atoms with Crippen molar-refractivity contribution in [3.8, 4) is 0 Å². The zero-order valence-corrected chi connectivity index (χ0v) is 15.8. The highest BCUT2D eigenvalue weighted by Crippen LogP contribution is 2.33. The van der Waals surface area contributed by atoms with E-state index < -0.39 is 0 Å². The predicted octanol–water partition coefficient (Wildman–Crippen LogP) is 2.73. The normalized spacial score (nSPS) is 17.1. The fourth-order valence-corrected chi connectivity index (χ4v) is 4.23. The third-order valence-electron chi connectivity index (χ3n) is 5.76. The molecule has 0 radical (unpaired) electrons. The maximum atomic E-state index is 13.3. The highest BCUT2D eigenvalue weighted by molar-refractivity contribution is 5.98. The largest absolute Gasteiger partial charge is 0.340 e. The number of aromatic nitrogens is 4. The van der Waals surface area contributed by atoms with Crippen molar-refractivity contribution in [3.05, 3.63) is 64.3 Å². The summed E-state index contributed by atoms with van der Waals surface area (Å²) in [5.41, 5.74) is 3.98. The SMILES string of the molecule is Cn1c(=O)n(C)c2cc(C(=O)N3CCC[C@H]3c3nc4ccccc4[nH]3)ccc21. The third-order valence-corrected chi connectivity index (χ3v) is 5.76. The van der Waals surface area contributed by atoms with Crippen molar-refractivity contribution in [2.24, 2.45) is 14.1 Å². The summed E-state index contributed by atoms with van der Waals surface area (Å²) in [5.74, 6) is 0.807. The van der Waals surface area contributed by atoms with Crippen LogP contribution < -0.4 is 5.69 Å². The fraction of sp³-hybridized carbons (Fsp3) is 0.286. The van der Waals surface area contributed by atoms with Gasteiger partial charge in [0, 0.05) is 26.2 Å². The number of fused-ring (bicyclic) bond motifs is 2. The number of amides is 1. The Labute approximate surface area is 161 Å². The molecule has 1 aliphatic rings. The van der Waals surface area contributed by atoms with Gasteiger partial charge in [-0.05, 0) is 43.2 Å². The topological polar surface area (TPSA) is 75.9 Å². The van der Waals surface area contributed by atoms with Crippen molar-refractivity contribution in [2.45, 2.75) is 18.9 Å². The summed E-state index contributed by atoms with van der Waals surface area (Å²) < 4.78 is 3.17. The van der Waals surface area contributed by atoms with Crippen LogP contribution in [0.4, 0.5) is 0 Å². The number of hydrogen-bond donors (Lipinski definition) is 1. The van der Waals surface area contributed by atoms with Gasteiger partial charge in [0.15, 0.2) is 0 Å². The number of benzene rings is 2. The number of carbonyl (C=O) groups excluding carboxylic acids is 1. The van der Waals surface area contributed by atoms with E-state index in [9.17, 15) is 9.59 Å². The minimum Gasteiger partial charge on any atom is -0.340 e. The van der Waals surface area contributed by atoms with Crippen LogP contribution >= 0.6 is 0 Å². The van der Waals surface area contributed by atoms with Crippen LogP contribution in [0.1, 0.15) is 35.1 Å². The van der Waals surface area contributed by atoms with E-state index in [0.717, 1.165) is 40.7 Å². The van der Waals surface area contributed by atoms with Crippen LogP contribution in [0.2, 0.25) is 0 Å². The number of para-hydroxylation sites is 2. The molecule has 1 atom stereocenters. The second-order valence-electron chi connectivity index (χ2n) is 7.40. The van der Waals surface area contributed by atoms with Gasteiger partial charge >= 0.3 is 5.69 Å². The summed E-state index contributed by atoms with van der Waals surface area (Å²) in [6.45, 7) is 0.701. The molecule has 0 aliphatic carbocycles. The number of H-pyrrole nitrogens is 1. The zero-order chi connectivity index (χ0) is 19.4. The van der Waals surface area contributed by atoms with E-state index in [1.165, 1.54) is 0 Å². The van der Waals surface area contributed by atoms with Crippen LogP contribution in [0, 0.1) is 0 Å². The molecule has 0 saturated carbocycles. The van der Waals surface area contributed by atoms with Crippen molar-refractivity contribution >= 4 is 28.0 Å². The number of aromatic amines is 1. The van der Waals surface area contributed by atoms with Crippen molar-refractivity contribution in [1.82, 2.24) is 24.0 Å². The molecule has 1 saturated heterocycles. The monoisotopic (exact) mass is 375 g/mol. The molecule has 0 unspecified atom stereocenters. The van der Waals surface area contributed by atoms with E-state index in [0.29, 0.717) is 12.1 Å². The molecule has 3 heterocycles. The van der Waals surface area contributed by atoms with Gasteiger partial charge in [0.25, 0.3) is 5.91 Å². The van der Waals surface area contributed by atoms with Gasteiger partial charge in [0.2, 0.25) is 0 Å². The van der Waals surface area contributed by atoms with E-state index >= 15 is 0 Å². The second kappa shape index (κ2) is 6.09. The number of imidazole rings is 2. The molecule has 142 valence electrons. The van der Waals surface area contributed by atoms with E-state index in [-0.39, 0.29) is 17.6 Å². The third kappa shape index (κ3) is 2.39. The van der Waals surface area contributed by atoms with Gasteiger partial charge in [0.05, 0.1) is 28.1 Å². The summed E-state index contributed by atoms with van der Waals surface area (Å²) in [7, 11) is 3.47. The van der Waals surface area contributed by atoms with E-state index in [1.54, 1.807) is 29.3 Å². The lowest BCUT2D eigenvalue weighted by Gasteiger charge is -2.23. The van der Waals surface area contributed by atoms with Crippen LogP contribution in [0.15, 0.2) is 47.3 Å². The molecule has 1 N–H and O–H groups in total. The van der Waals surface area contributed by atoms with E-state index in [4.69, 9.17) is 4.98 Å². The number of carbonyl (C=O) groups is 1. The molecule has 2 aromatic heterocycles. The molecule has 2 aromatic carbocycles. The number of aryl methyl sites for hydroxylation is 2. The van der Waals surface area contributed by atoms with Crippen LogP contribution in [0.5, 0.6) is 0 Å². The van der Waals surface area contributed by atoms with Gasteiger partial charge in [-0.1, -0.05) is 12.1 Å². The Morgan fingerprint density at radius 2 is 1.89 bits per heavy atom. The molecule has 0 spiro atoms. The smallest absolute Gasteiger partial charge is 0.328 e. The number of nitrogens with zero attached hydrogens (tertiary/aromatic N) is 4. The highest BCUT2D eigenvalue weighted by atomic mass is 16.2. The first-order valence-corrected chi connectivity index (χ1v) is 9.45. The molecule has 5 rings (SSSR count). The van der Waals surface area contributed by atoms with Crippen molar-refractivity contribution < 1.29 is 4.79 Å². The van der Waals surface area contributed by atoms with Crippen LogP contribution in [0.25, 0.3) is 22.1 Å². The Balaban J connectivity index is 1.52. The summed E-state index contributed by atoms with van der Waals surface area (Å²) >= 11 is 0. The summed E-state index contributed by atoms with van der Waals surface area (Å²) in [6, 6.07) is 13.3. The number of hydrogen-bond acceptors (Lipinski definition) is 3. The molecular weight excluding hydrogens is 354 g/mol. The average Bonchev–Trinajstić information content (AvgIpc) is 3.41. The summed E-state index contributed by atoms with van der Waals surface area (Å²) in [5, 5.41) is 0. The van der Waals surface area contributed by atoms with Gasteiger partial charge in [-0.25, -0.2) is 9.78 Å². The van der Waals surface area contributed by atoms with Gasteiger partial charge < -0.3 is 9.88 Å². The quantitative estimate of drug-likeness (QED) is 0.585. The molecule has 1 fully saturated rings. The average molecular weight is 375 g/mol. The Bertz CT molecular complexity index is 1250. The predicted molar refractivity (Wildman–Crippen MR) is 107 cm³/mol. The minimum atomic E-state index is -0.0964. The Kier molecular flexibility index (Phi) is 3.65. The van der Waals surface area contributed by atoms with Crippen LogP contribution in [-0.4, -0.2) is 36.5 Å². The molecule has 0 bridgehead atoms. The standard InChI is InChI=1S/C21H21N5O2/c1-24-16-10-9-13(12-18(16)25(2)21(24)28)20(27)26-11-5-8-17(26)19-22-14-6-3-4-7-15(14)23-19/h3-4,6-7,9-10,12,17H,5,8,11H2,1-2H3,(H,22,23)/t17-/m0/s1. The lowest BCUT2D eigenvalue weighted by Crippen LogP contribution is -2.31. The molecule has 7 heteroatoms. The first kappa shape index (κ1) is 16.8. The Morgan fingerprint density at radius 3 is 2.71 bits per heavy atom. The zero-order valence-electron chi connectivity index (χ0n) is 15.8. The molecular formula is C21H21N5O2. The van der Waals surface area contributed by atoms with Gasteiger partial charge in [0.1, 0.15) is 5.82 Å². The Morgan fingerprint density at radius 1 is 1.11 bits per heavy atom. The van der Waals surface area contributed by atoms with Gasteiger partial charge in [-0.15, -0.1) is 0 Å². The van der Waals surface area contributed by atoms with Gasteiger partial charge in [-0.2, -0.15) is 0 Å². The van der Waals surface area contributed by atoms with E-state index in [1.807, 2.05) is 41.3 Å². The summed E-state index contributed by atoms with van der Waals surface area (Å²) in [4.78, 5) is 35.4. The molecule has 7 nitrogen and oxygen atoms in total. The first-order valence-electron chi connectivity index (χ1n) is 9.45. The lowest BCUT2D eigenvalue weighted by atomic mass is 10.1.